The van der Waals surface area contributed by atoms with Gasteiger partial charge >= 0.3 is 12.1 Å². The van der Waals surface area contributed by atoms with Gasteiger partial charge in [0.1, 0.15) is 0 Å². The zero-order valence-corrected chi connectivity index (χ0v) is 13.1. The highest BCUT2D eigenvalue weighted by Crippen LogP contribution is 2.01. The van der Waals surface area contributed by atoms with Crippen LogP contribution in [0, 0.1) is 5.92 Å². The van der Waals surface area contributed by atoms with Crippen molar-refractivity contribution in [3.63, 3.8) is 0 Å². The summed E-state index contributed by atoms with van der Waals surface area (Å²) in [5.41, 5.74) is 5.33. The van der Waals surface area contributed by atoms with Crippen molar-refractivity contribution in [2.24, 2.45) is 11.7 Å². The highest BCUT2D eigenvalue weighted by atomic mass is 16.7. The van der Waals surface area contributed by atoms with Gasteiger partial charge in [0.15, 0.2) is 0 Å². The third-order valence-corrected chi connectivity index (χ3v) is 2.40. The van der Waals surface area contributed by atoms with E-state index in [2.05, 4.69) is 16.0 Å². The Morgan fingerprint density at radius 3 is 2.10 bits per heavy atom. The van der Waals surface area contributed by atoms with Crippen LogP contribution in [-0.2, 0) is 14.3 Å². The zero-order chi connectivity index (χ0) is 16.1. The molecule has 0 rings (SSSR count). The number of hydrogen-bond acceptors (Lipinski definition) is 7. The molecule has 5 N–H and O–H groups in total. The molecule has 0 unspecified atom stereocenters. The van der Waals surface area contributed by atoms with Crippen LogP contribution in [-0.4, -0.2) is 57.6 Å². The molecule has 0 saturated carbocycles. The monoisotopic (exact) mass is 304 g/mol. The molecule has 0 bridgehead atoms. The Kier molecular flexibility index (Phi) is 11.6. The van der Waals surface area contributed by atoms with Crippen LogP contribution in [0.25, 0.3) is 0 Å². The van der Waals surface area contributed by atoms with Crippen LogP contribution in [0.4, 0.5) is 4.79 Å². The number of nitrogens with one attached hydrogen (secondary N) is 3. The summed E-state index contributed by atoms with van der Waals surface area (Å²) in [7, 11) is 0. The van der Waals surface area contributed by atoms with Crippen molar-refractivity contribution in [3.8, 4) is 0 Å². The van der Waals surface area contributed by atoms with Gasteiger partial charge in [0.2, 0.25) is 6.29 Å². The standard InChI is InChI=1S/C13H28N4O4/c1-10(2)12(18)20-11(3)21-13(19)17-9-8-16-7-6-15-5-4-14/h10-11,15-16H,4-9,14H2,1-3H3,(H,17,19)/t11-/m1/s1. The number of carbonyl (C=O) groups is 2. The molecule has 1 atom stereocenters. The van der Waals surface area contributed by atoms with Crippen molar-refractivity contribution in [2.75, 3.05) is 39.3 Å². The molecule has 0 aliphatic rings. The van der Waals surface area contributed by atoms with Gasteiger partial charge in [0, 0.05) is 46.2 Å². The molecule has 0 aliphatic carbocycles. The van der Waals surface area contributed by atoms with Gasteiger partial charge in [-0.05, 0) is 0 Å². The van der Waals surface area contributed by atoms with Gasteiger partial charge in [-0.25, -0.2) is 4.79 Å². The van der Waals surface area contributed by atoms with E-state index in [4.69, 9.17) is 15.2 Å². The first-order valence-electron chi connectivity index (χ1n) is 7.23. The molecule has 0 spiro atoms. The number of hydrogen-bond donors (Lipinski definition) is 4. The van der Waals surface area contributed by atoms with Crippen molar-refractivity contribution in [1.29, 1.82) is 0 Å². The largest absolute Gasteiger partial charge is 0.425 e. The molecule has 0 radical (unpaired) electrons. The lowest BCUT2D eigenvalue weighted by Gasteiger charge is -2.15. The zero-order valence-electron chi connectivity index (χ0n) is 13.1. The van der Waals surface area contributed by atoms with Crippen molar-refractivity contribution in [1.82, 2.24) is 16.0 Å². The fraction of sp³-hybridized carbons (Fsp3) is 0.846. The van der Waals surface area contributed by atoms with E-state index in [-0.39, 0.29) is 5.92 Å². The topological polar surface area (TPSA) is 115 Å². The fourth-order valence-corrected chi connectivity index (χ4v) is 1.30. The molecule has 0 saturated heterocycles. The fourth-order valence-electron chi connectivity index (χ4n) is 1.30. The molecule has 21 heavy (non-hydrogen) atoms. The number of esters is 1. The Balaban J connectivity index is 3.51. The maximum Gasteiger partial charge on any atom is 0.410 e. The third kappa shape index (κ3) is 12.1. The minimum atomic E-state index is -0.895. The van der Waals surface area contributed by atoms with E-state index in [0.717, 1.165) is 19.6 Å². The lowest BCUT2D eigenvalue weighted by Crippen LogP contribution is -2.37. The number of carbonyl (C=O) groups excluding carboxylic acids is 2. The molecule has 0 aliphatic heterocycles. The first-order valence-corrected chi connectivity index (χ1v) is 7.23. The predicted molar refractivity (Wildman–Crippen MR) is 79.7 cm³/mol. The molecule has 0 fully saturated rings. The Labute approximate surface area is 126 Å². The summed E-state index contributed by atoms with van der Waals surface area (Å²) in [6.45, 7) is 9.00. The SMILES string of the molecule is CC(C)C(=O)O[C@@H](C)OC(=O)NCCNCCNCCN. The minimum absolute atomic E-state index is 0.254. The molecular weight excluding hydrogens is 276 g/mol. The first-order chi connectivity index (χ1) is 9.97. The van der Waals surface area contributed by atoms with E-state index in [1.54, 1.807) is 13.8 Å². The van der Waals surface area contributed by atoms with Crippen LogP contribution in [0.2, 0.25) is 0 Å². The third-order valence-electron chi connectivity index (χ3n) is 2.40. The lowest BCUT2D eigenvalue weighted by atomic mass is 10.2. The summed E-state index contributed by atoms with van der Waals surface area (Å²) in [5, 5.41) is 8.84. The van der Waals surface area contributed by atoms with Crippen LogP contribution >= 0.6 is 0 Å². The lowest BCUT2D eigenvalue weighted by molar-refractivity contribution is -0.168. The van der Waals surface area contributed by atoms with Crippen molar-refractivity contribution < 1.29 is 19.1 Å². The van der Waals surface area contributed by atoms with E-state index in [1.807, 2.05) is 0 Å². The van der Waals surface area contributed by atoms with E-state index in [9.17, 15) is 9.59 Å². The van der Waals surface area contributed by atoms with Gasteiger partial charge in [-0.2, -0.15) is 0 Å². The number of alkyl carbamates (subject to hydrolysis) is 1. The molecule has 0 aromatic heterocycles. The van der Waals surface area contributed by atoms with E-state index in [1.165, 1.54) is 6.92 Å². The van der Waals surface area contributed by atoms with E-state index >= 15 is 0 Å². The van der Waals surface area contributed by atoms with Gasteiger partial charge < -0.3 is 31.2 Å². The second kappa shape index (κ2) is 12.4. The Hall–Kier alpha value is -1.38. The molecule has 0 aromatic carbocycles. The van der Waals surface area contributed by atoms with Crippen molar-refractivity contribution in [3.05, 3.63) is 0 Å². The number of amides is 1. The Morgan fingerprint density at radius 2 is 1.52 bits per heavy atom. The maximum atomic E-state index is 11.4. The molecule has 1 amide bonds. The first kappa shape index (κ1) is 19.6. The summed E-state index contributed by atoms with van der Waals surface area (Å²) < 4.78 is 9.79. The van der Waals surface area contributed by atoms with Crippen LogP contribution in [0.5, 0.6) is 0 Å². The molecule has 0 aromatic rings. The van der Waals surface area contributed by atoms with Gasteiger partial charge in [0.25, 0.3) is 0 Å². The van der Waals surface area contributed by atoms with Gasteiger partial charge in [-0.3, -0.25) is 4.79 Å². The summed E-state index contributed by atoms with van der Waals surface area (Å²) in [4.78, 5) is 22.7. The summed E-state index contributed by atoms with van der Waals surface area (Å²) in [6, 6.07) is 0. The van der Waals surface area contributed by atoms with Gasteiger partial charge in [-0.15, -0.1) is 0 Å². The van der Waals surface area contributed by atoms with Crippen LogP contribution in [0.15, 0.2) is 0 Å². The highest BCUT2D eigenvalue weighted by molar-refractivity contribution is 5.72. The number of ether oxygens (including phenoxy) is 2. The average Bonchev–Trinajstić information content (AvgIpc) is 2.41. The van der Waals surface area contributed by atoms with Crippen LogP contribution < -0.4 is 21.7 Å². The Bertz CT molecular complexity index is 300. The quantitative estimate of drug-likeness (QED) is 0.229. The molecule has 124 valence electrons. The molecule has 8 nitrogen and oxygen atoms in total. The van der Waals surface area contributed by atoms with Gasteiger partial charge in [0.05, 0.1) is 5.92 Å². The average molecular weight is 304 g/mol. The summed E-state index contributed by atoms with van der Waals surface area (Å²) in [6.07, 6.45) is -1.50. The highest BCUT2D eigenvalue weighted by Gasteiger charge is 2.15. The normalized spacial score (nSPS) is 12.0. The predicted octanol–water partition coefficient (Wildman–Crippen LogP) is -0.604. The number of rotatable bonds is 11. The van der Waals surface area contributed by atoms with Crippen LogP contribution in [0.1, 0.15) is 20.8 Å². The van der Waals surface area contributed by atoms with E-state index in [0.29, 0.717) is 19.6 Å². The molecule has 0 heterocycles. The maximum absolute atomic E-state index is 11.4. The minimum Gasteiger partial charge on any atom is -0.425 e. The van der Waals surface area contributed by atoms with Crippen molar-refractivity contribution in [2.45, 2.75) is 27.1 Å². The number of nitrogens with two attached hydrogens (primary N) is 1. The second-order valence-electron chi connectivity index (χ2n) is 4.78. The Morgan fingerprint density at radius 1 is 0.952 bits per heavy atom. The van der Waals surface area contributed by atoms with Gasteiger partial charge in [-0.1, -0.05) is 13.8 Å². The second-order valence-corrected chi connectivity index (χ2v) is 4.78. The summed E-state index contributed by atoms with van der Waals surface area (Å²) in [5.74, 6) is -0.655. The van der Waals surface area contributed by atoms with E-state index < -0.39 is 18.4 Å². The summed E-state index contributed by atoms with van der Waals surface area (Å²) >= 11 is 0. The van der Waals surface area contributed by atoms with Crippen molar-refractivity contribution >= 4 is 12.1 Å². The van der Waals surface area contributed by atoms with Crippen LogP contribution in [0.3, 0.4) is 0 Å². The smallest absolute Gasteiger partial charge is 0.410 e. The molecular formula is C13H28N4O4. The molecule has 8 heteroatoms.